The first-order valence-corrected chi connectivity index (χ1v) is 5.29. The Bertz CT molecular complexity index is 451. The lowest BCUT2D eigenvalue weighted by atomic mass is 9.83. The summed E-state index contributed by atoms with van der Waals surface area (Å²) in [7, 11) is 1.81. The van der Waals surface area contributed by atoms with Gasteiger partial charge in [-0.25, -0.2) is 0 Å². The van der Waals surface area contributed by atoms with E-state index in [9.17, 15) is 10.2 Å². The zero-order chi connectivity index (χ0) is 11.7. The van der Waals surface area contributed by atoms with Gasteiger partial charge in [0, 0.05) is 6.04 Å². The van der Waals surface area contributed by atoms with E-state index >= 15 is 0 Å². The third-order valence-electron chi connectivity index (χ3n) is 3.21. The fraction of sp³-hybridized carbons (Fsp3) is 0.417. The molecular formula is C12H14N2O2. The number of phenolic OH excluding ortho intramolecular Hbond substituents is 1. The van der Waals surface area contributed by atoms with E-state index in [2.05, 4.69) is 5.32 Å². The van der Waals surface area contributed by atoms with Gasteiger partial charge in [-0.05, 0) is 37.1 Å². The van der Waals surface area contributed by atoms with Crippen molar-refractivity contribution in [2.75, 3.05) is 7.05 Å². The van der Waals surface area contributed by atoms with Crippen LogP contribution in [-0.2, 0) is 6.42 Å². The first kappa shape index (κ1) is 10.9. The molecule has 1 aliphatic rings. The van der Waals surface area contributed by atoms with Gasteiger partial charge in [-0.3, -0.25) is 0 Å². The fourth-order valence-corrected chi connectivity index (χ4v) is 2.30. The lowest BCUT2D eigenvalue weighted by Gasteiger charge is -2.30. The van der Waals surface area contributed by atoms with Gasteiger partial charge in [0.15, 0.2) is 0 Å². The van der Waals surface area contributed by atoms with E-state index in [1.54, 1.807) is 6.07 Å². The minimum Gasteiger partial charge on any atom is -0.507 e. The fourth-order valence-electron chi connectivity index (χ4n) is 2.30. The molecule has 0 unspecified atom stereocenters. The van der Waals surface area contributed by atoms with Crippen molar-refractivity contribution in [3.05, 3.63) is 28.8 Å². The van der Waals surface area contributed by atoms with Crippen molar-refractivity contribution in [3.8, 4) is 11.8 Å². The molecule has 0 saturated carbocycles. The topological polar surface area (TPSA) is 76.3 Å². The third kappa shape index (κ3) is 1.54. The Labute approximate surface area is 94.1 Å². The highest BCUT2D eigenvalue weighted by Crippen LogP contribution is 2.35. The Morgan fingerprint density at radius 1 is 1.50 bits per heavy atom. The van der Waals surface area contributed by atoms with E-state index in [-0.39, 0.29) is 11.8 Å². The lowest BCUT2D eigenvalue weighted by Crippen LogP contribution is -2.36. The van der Waals surface area contributed by atoms with Crippen molar-refractivity contribution in [3.63, 3.8) is 0 Å². The summed E-state index contributed by atoms with van der Waals surface area (Å²) in [4.78, 5) is 0. The molecule has 16 heavy (non-hydrogen) atoms. The molecule has 2 rings (SSSR count). The molecule has 1 aromatic carbocycles. The second-order valence-electron chi connectivity index (χ2n) is 4.02. The first-order chi connectivity index (χ1) is 7.69. The molecule has 0 aromatic heterocycles. The lowest BCUT2D eigenvalue weighted by molar-refractivity contribution is 0.119. The van der Waals surface area contributed by atoms with Gasteiger partial charge < -0.3 is 15.5 Å². The van der Waals surface area contributed by atoms with E-state index in [4.69, 9.17) is 5.26 Å². The van der Waals surface area contributed by atoms with Crippen LogP contribution in [0.25, 0.3) is 0 Å². The number of phenols is 1. The Morgan fingerprint density at radius 3 is 2.88 bits per heavy atom. The van der Waals surface area contributed by atoms with Gasteiger partial charge in [-0.15, -0.1) is 0 Å². The summed E-state index contributed by atoms with van der Waals surface area (Å²) in [5.74, 6) is -0.00337. The van der Waals surface area contributed by atoms with Crippen LogP contribution in [0.1, 0.15) is 29.2 Å². The van der Waals surface area contributed by atoms with Crippen LogP contribution < -0.4 is 5.32 Å². The molecule has 0 heterocycles. The van der Waals surface area contributed by atoms with E-state index in [1.165, 1.54) is 6.07 Å². The van der Waals surface area contributed by atoms with Gasteiger partial charge in [-0.2, -0.15) is 5.26 Å². The van der Waals surface area contributed by atoms with Crippen molar-refractivity contribution in [1.82, 2.24) is 5.32 Å². The van der Waals surface area contributed by atoms with Gasteiger partial charge in [-0.1, -0.05) is 6.07 Å². The number of aromatic hydroxyl groups is 1. The summed E-state index contributed by atoms with van der Waals surface area (Å²) in [6, 6.07) is 5.18. The molecule has 0 spiro atoms. The van der Waals surface area contributed by atoms with Gasteiger partial charge in [0.2, 0.25) is 0 Å². The summed E-state index contributed by atoms with van der Waals surface area (Å²) in [6.45, 7) is 0. The summed E-state index contributed by atoms with van der Waals surface area (Å²) < 4.78 is 0. The van der Waals surface area contributed by atoms with Crippen LogP contribution in [0.4, 0.5) is 0 Å². The molecule has 0 saturated heterocycles. The zero-order valence-corrected chi connectivity index (χ0v) is 9.07. The van der Waals surface area contributed by atoms with Crippen LogP contribution in [0.5, 0.6) is 5.75 Å². The Hall–Kier alpha value is -1.57. The van der Waals surface area contributed by atoms with Crippen molar-refractivity contribution < 1.29 is 10.2 Å². The van der Waals surface area contributed by atoms with Crippen LogP contribution in [0.15, 0.2) is 12.1 Å². The minimum absolute atomic E-state index is 0.00337. The molecule has 1 aromatic rings. The molecule has 1 aliphatic carbocycles. The standard InChI is InChI=1S/C12H14N2O2/c1-14-10-4-2-7-8(12(10)16)3-5-11(15)9(7)6-13/h3,5,10,12,14-16H,2,4H2,1H3/t10-,12+/m1/s1. The maximum atomic E-state index is 10.1. The Balaban J connectivity index is 2.52. The summed E-state index contributed by atoms with van der Waals surface area (Å²) in [5, 5.41) is 31.7. The smallest absolute Gasteiger partial charge is 0.133 e. The van der Waals surface area contributed by atoms with E-state index < -0.39 is 6.10 Å². The molecule has 0 amide bonds. The Kier molecular flexibility index (Phi) is 2.82. The van der Waals surface area contributed by atoms with Crippen molar-refractivity contribution in [1.29, 1.82) is 5.26 Å². The number of fused-ring (bicyclic) bond motifs is 1. The summed E-state index contributed by atoms with van der Waals surface area (Å²) in [6.07, 6.45) is 0.860. The third-order valence-corrected chi connectivity index (χ3v) is 3.21. The minimum atomic E-state index is -0.610. The van der Waals surface area contributed by atoms with Crippen LogP contribution in [0.2, 0.25) is 0 Å². The van der Waals surface area contributed by atoms with Gasteiger partial charge in [0.1, 0.15) is 11.8 Å². The zero-order valence-electron chi connectivity index (χ0n) is 9.07. The van der Waals surface area contributed by atoms with Crippen LogP contribution >= 0.6 is 0 Å². The molecule has 0 fully saturated rings. The second kappa shape index (κ2) is 4.12. The highest BCUT2D eigenvalue weighted by atomic mass is 16.3. The quantitative estimate of drug-likeness (QED) is 0.652. The van der Waals surface area contributed by atoms with Crippen LogP contribution in [0, 0.1) is 11.3 Å². The predicted molar refractivity (Wildman–Crippen MR) is 59.0 cm³/mol. The van der Waals surface area contributed by atoms with E-state index in [1.807, 2.05) is 13.1 Å². The molecule has 3 N–H and O–H groups in total. The molecule has 84 valence electrons. The summed E-state index contributed by atoms with van der Waals surface area (Å²) >= 11 is 0. The van der Waals surface area contributed by atoms with Crippen molar-refractivity contribution >= 4 is 0 Å². The number of nitrogens with zero attached hydrogens (tertiary/aromatic N) is 1. The van der Waals surface area contributed by atoms with Gasteiger partial charge in [0.25, 0.3) is 0 Å². The normalized spacial score (nSPS) is 23.6. The number of hydrogen-bond donors (Lipinski definition) is 3. The predicted octanol–water partition coefficient (Wildman–Crippen LogP) is 0.831. The highest BCUT2D eigenvalue weighted by Gasteiger charge is 2.29. The average molecular weight is 218 g/mol. The molecule has 0 aliphatic heterocycles. The second-order valence-corrected chi connectivity index (χ2v) is 4.02. The largest absolute Gasteiger partial charge is 0.507 e. The van der Waals surface area contributed by atoms with Crippen molar-refractivity contribution in [2.45, 2.75) is 25.0 Å². The highest BCUT2D eigenvalue weighted by molar-refractivity contribution is 5.53. The van der Waals surface area contributed by atoms with Crippen molar-refractivity contribution in [2.24, 2.45) is 0 Å². The summed E-state index contributed by atoms with van der Waals surface area (Å²) in [5.41, 5.74) is 1.83. The van der Waals surface area contributed by atoms with E-state index in [0.717, 1.165) is 17.5 Å². The molecule has 4 nitrogen and oxygen atoms in total. The first-order valence-electron chi connectivity index (χ1n) is 5.29. The van der Waals surface area contributed by atoms with Gasteiger partial charge in [0.05, 0.1) is 11.7 Å². The SMILES string of the molecule is CN[C@@H]1CCc2c(ccc(O)c2C#N)[C@@H]1O. The average Bonchev–Trinajstić information content (AvgIpc) is 2.29. The maximum Gasteiger partial charge on any atom is 0.133 e. The maximum absolute atomic E-state index is 10.1. The Morgan fingerprint density at radius 2 is 2.25 bits per heavy atom. The van der Waals surface area contributed by atoms with E-state index in [0.29, 0.717) is 12.0 Å². The molecular weight excluding hydrogens is 204 g/mol. The molecule has 0 bridgehead atoms. The number of benzene rings is 1. The molecule has 4 heteroatoms. The van der Waals surface area contributed by atoms with Crippen LogP contribution in [0.3, 0.4) is 0 Å². The number of hydrogen-bond acceptors (Lipinski definition) is 4. The van der Waals surface area contributed by atoms with Crippen LogP contribution in [-0.4, -0.2) is 23.3 Å². The van der Waals surface area contributed by atoms with Gasteiger partial charge >= 0.3 is 0 Å². The molecule has 0 radical (unpaired) electrons. The number of nitriles is 1. The number of nitrogens with one attached hydrogen (secondary N) is 1. The number of aliphatic hydroxyl groups excluding tert-OH is 1. The monoisotopic (exact) mass is 218 g/mol. The number of aliphatic hydroxyl groups is 1. The number of rotatable bonds is 1. The molecule has 2 atom stereocenters. The number of likely N-dealkylation sites (N-methyl/N-ethyl adjacent to an activating group) is 1.